The highest BCUT2D eigenvalue weighted by molar-refractivity contribution is 6.10. The van der Waals surface area contributed by atoms with Crippen LogP contribution in [0.15, 0.2) is 205 Å². The number of para-hydroxylation sites is 2. The summed E-state index contributed by atoms with van der Waals surface area (Å²) in [6.07, 6.45) is 1.73. The van der Waals surface area contributed by atoms with Crippen molar-refractivity contribution in [3.63, 3.8) is 0 Å². The molecule has 8 aromatic carbocycles. The molecule has 298 valence electrons. The van der Waals surface area contributed by atoms with E-state index in [4.69, 9.17) is 29.3 Å². The number of furan rings is 1. The molecule has 0 amide bonds. The van der Waals surface area contributed by atoms with Crippen molar-refractivity contribution in [2.45, 2.75) is 0 Å². The average Bonchev–Trinajstić information content (AvgIpc) is 3.91. The summed E-state index contributed by atoms with van der Waals surface area (Å²) in [6.45, 7) is 0. The Kier molecular flexibility index (Phi) is 8.04. The van der Waals surface area contributed by atoms with E-state index < -0.39 is 0 Å². The van der Waals surface area contributed by atoms with E-state index in [1.807, 2.05) is 66.7 Å². The van der Waals surface area contributed by atoms with Crippen LogP contribution in [0.4, 0.5) is 0 Å². The summed E-state index contributed by atoms with van der Waals surface area (Å²) in [6, 6.07) is 66.9. The van der Waals surface area contributed by atoms with Crippen LogP contribution >= 0.6 is 0 Å². The van der Waals surface area contributed by atoms with Gasteiger partial charge in [0.25, 0.3) is 0 Å². The van der Waals surface area contributed by atoms with Gasteiger partial charge in [-0.1, -0.05) is 127 Å². The number of benzene rings is 8. The minimum Gasteiger partial charge on any atom is -0.434 e. The Balaban J connectivity index is 0.902. The smallest absolute Gasteiger partial charge is 0.229 e. The molecule has 13 rings (SSSR count). The average molecular weight is 820 g/mol. The number of hydrogen-bond acceptors (Lipinski definition) is 7. The van der Waals surface area contributed by atoms with Gasteiger partial charge < -0.3 is 8.98 Å². The van der Waals surface area contributed by atoms with Gasteiger partial charge in [-0.2, -0.15) is 0 Å². The fraction of sp³-hybridized carbons (Fsp3) is 0. The van der Waals surface area contributed by atoms with Crippen LogP contribution in [0.5, 0.6) is 0 Å². The summed E-state index contributed by atoms with van der Waals surface area (Å²) < 4.78 is 8.69. The molecule has 0 aliphatic heterocycles. The third-order valence-corrected chi connectivity index (χ3v) is 12.1. The normalized spacial score (nSPS) is 11.8. The summed E-state index contributed by atoms with van der Waals surface area (Å²) in [5.74, 6) is 2.32. The zero-order chi connectivity index (χ0) is 42.1. The van der Waals surface area contributed by atoms with Gasteiger partial charge in [0.2, 0.25) is 5.71 Å². The van der Waals surface area contributed by atoms with Crippen LogP contribution in [0, 0.1) is 0 Å². The summed E-state index contributed by atoms with van der Waals surface area (Å²) in [4.78, 5) is 29.9. The Bertz CT molecular complexity index is 3900. The Labute approximate surface area is 365 Å². The molecular weight excluding hydrogens is 787 g/mol. The fourth-order valence-corrected chi connectivity index (χ4v) is 8.97. The van der Waals surface area contributed by atoms with Gasteiger partial charge in [-0.15, -0.1) is 0 Å². The second kappa shape index (κ2) is 14.4. The summed E-state index contributed by atoms with van der Waals surface area (Å²) in [7, 11) is 0. The predicted octanol–water partition coefficient (Wildman–Crippen LogP) is 13.7. The monoisotopic (exact) mass is 819 g/mol. The van der Waals surface area contributed by atoms with Gasteiger partial charge in [0.15, 0.2) is 28.9 Å². The van der Waals surface area contributed by atoms with Crippen LogP contribution in [0.2, 0.25) is 0 Å². The molecule has 0 fully saturated rings. The lowest BCUT2D eigenvalue weighted by molar-refractivity contribution is 0.652. The summed E-state index contributed by atoms with van der Waals surface area (Å²) >= 11 is 0. The van der Waals surface area contributed by atoms with Crippen molar-refractivity contribution in [1.82, 2.24) is 34.5 Å². The Morgan fingerprint density at radius 3 is 1.52 bits per heavy atom. The summed E-state index contributed by atoms with van der Waals surface area (Å²) in [5.41, 5.74) is 10.3. The Morgan fingerprint density at radius 2 is 0.859 bits per heavy atom. The van der Waals surface area contributed by atoms with Crippen molar-refractivity contribution < 1.29 is 4.42 Å². The number of rotatable bonds is 6. The molecule has 0 bridgehead atoms. The molecule has 0 aliphatic carbocycles. The molecule has 0 spiro atoms. The van der Waals surface area contributed by atoms with Crippen LogP contribution < -0.4 is 0 Å². The van der Waals surface area contributed by atoms with E-state index >= 15 is 0 Å². The van der Waals surface area contributed by atoms with Gasteiger partial charge in [0, 0.05) is 50.5 Å². The molecule has 0 saturated carbocycles. The molecule has 5 aromatic heterocycles. The molecule has 0 N–H and O–H groups in total. The van der Waals surface area contributed by atoms with Crippen LogP contribution in [0.1, 0.15) is 0 Å². The first-order valence-corrected chi connectivity index (χ1v) is 21.2. The molecule has 13 aromatic rings. The molecule has 8 heteroatoms. The van der Waals surface area contributed by atoms with E-state index in [2.05, 4.69) is 137 Å². The fourth-order valence-electron chi connectivity index (χ4n) is 8.97. The van der Waals surface area contributed by atoms with E-state index in [9.17, 15) is 0 Å². The van der Waals surface area contributed by atoms with E-state index in [0.717, 1.165) is 60.7 Å². The highest BCUT2D eigenvalue weighted by atomic mass is 16.3. The molecule has 8 nitrogen and oxygen atoms in total. The first-order chi connectivity index (χ1) is 31.7. The van der Waals surface area contributed by atoms with Gasteiger partial charge in [-0.25, -0.2) is 29.9 Å². The second-order valence-corrected chi connectivity index (χ2v) is 16.0. The minimum absolute atomic E-state index is 0.522. The quantitative estimate of drug-likeness (QED) is 0.154. The molecule has 5 heterocycles. The van der Waals surface area contributed by atoms with Gasteiger partial charge in [0.05, 0.1) is 16.4 Å². The Hall–Kier alpha value is -8.88. The molecule has 0 aliphatic rings. The van der Waals surface area contributed by atoms with Crippen LogP contribution in [0.25, 0.3) is 128 Å². The topological polar surface area (TPSA) is 95.4 Å². The van der Waals surface area contributed by atoms with Crippen LogP contribution in [-0.4, -0.2) is 34.5 Å². The largest absolute Gasteiger partial charge is 0.434 e. The van der Waals surface area contributed by atoms with Gasteiger partial charge >= 0.3 is 0 Å². The number of pyridine rings is 1. The third-order valence-electron chi connectivity index (χ3n) is 12.1. The van der Waals surface area contributed by atoms with Crippen molar-refractivity contribution in [3.05, 3.63) is 200 Å². The maximum atomic E-state index is 6.38. The lowest BCUT2D eigenvalue weighted by Crippen LogP contribution is -2.01. The van der Waals surface area contributed by atoms with E-state index in [1.54, 1.807) is 6.20 Å². The molecule has 0 saturated heterocycles. The molecular formula is C56H33N7O. The van der Waals surface area contributed by atoms with E-state index in [1.165, 1.54) is 21.5 Å². The standard InChI is InChI=1S/C56H33N7O/c1-2-11-34(12-3-1)53-60-54(62-55(61-53)37-26-28-43(29-27-37)63-47-18-8-6-15-44(47)45-16-7-9-19-48(45)63)36-22-20-35(21-23-36)52-58-49(51-50(59-52)46-17-10-30-57-56(46)64-51)41-25-24-40-31-38-13-4-5-14-39(38)32-42(40)33-41/h1-33H. The number of hydrogen-bond donors (Lipinski definition) is 0. The molecule has 0 atom stereocenters. The lowest BCUT2D eigenvalue weighted by atomic mass is 10.00. The maximum absolute atomic E-state index is 6.38. The van der Waals surface area contributed by atoms with Crippen molar-refractivity contribution in [1.29, 1.82) is 0 Å². The van der Waals surface area contributed by atoms with Gasteiger partial charge in [-0.3, -0.25) is 0 Å². The molecule has 0 unspecified atom stereocenters. The zero-order valence-electron chi connectivity index (χ0n) is 34.1. The molecule has 0 radical (unpaired) electrons. The zero-order valence-corrected chi connectivity index (χ0v) is 34.1. The number of aromatic nitrogens is 7. The third kappa shape index (κ3) is 5.92. The van der Waals surface area contributed by atoms with Crippen molar-refractivity contribution >= 4 is 65.6 Å². The first-order valence-electron chi connectivity index (χ1n) is 21.2. The van der Waals surface area contributed by atoms with Crippen LogP contribution in [0.3, 0.4) is 0 Å². The lowest BCUT2D eigenvalue weighted by Gasteiger charge is -2.11. The Morgan fingerprint density at radius 1 is 0.359 bits per heavy atom. The maximum Gasteiger partial charge on any atom is 0.229 e. The highest BCUT2D eigenvalue weighted by Gasteiger charge is 2.20. The minimum atomic E-state index is 0.522. The summed E-state index contributed by atoms with van der Waals surface area (Å²) in [5, 5.41) is 7.94. The van der Waals surface area contributed by atoms with Crippen LogP contribution in [-0.2, 0) is 0 Å². The van der Waals surface area contributed by atoms with E-state index in [0.29, 0.717) is 45.8 Å². The molecule has 64 heavy (non-hydrogen) atoms. The van der Waals surface area contributed by atoms with Gasteiger partial charge in [-0.05, 0) is 88.3 Å². The second-order valence-electron chi connectivity index (χ2n) is 16.0. The number of nitrogens with zero attached hydrogens (tertiary/aromatic N) is 7. The van der Waals surface area contributed by atoms with Crippen molar-refractivity contribution in [2.75, 3.05) is 0 Å². The van der Waals surface area contributed by atoms with Crippen molar-refractivity contribution in [3.8, 4) is 62.5 Å². The predicted molar refractivity (Wildman–Crippen MR) is 257 cm³/mol. The van der Waals surface area contributed by atoms with E-state index in [-0.39, 0.29) is 0 Å². The highest BCUT2D eigenvalue weighted by Crippen LogP contribution is 2.38. The van der Waals surface area contributed by atoms with Gasteiger partial charge in [0.1, 0.15) is 11.2 Å². The SMILES string of the molecule is c1ccc(-c2nc(-c3ccc(-c4nc(-c5ccc6cc7ccccc7cc6c5)c5oc6ncccc6c5n4)cc3)nc(-c3ccc(-n4c5ccccc5c5ccccc54)cc3)n2)cc1. The van der Waals surface area contributed by atoms with Crippen molar-refractivity contribution in [2.24, 2.45) is 0 Å². The number of fused-ring (bicyclic) bond motifs is 8. The first kappa shape index (κ1) is 35.8.